The zero-order valence-electron chi connectivity index (χ0n) is 8.46. The molecule has 2 rings (SSSR count). The molecule has 16 heavy (non-hydrogen) atoms. The largest absolute Gasteiger partial charge is 0.364 e. The zero-order valence-corrected chi connectivity index (χ0v) is 9.28. The van der Waals surface area contributed by atoms with Crippen molar-refractivity contribution in [3.8, 4) is 11.1 Å². The molecule has 0 unspecified atom stereocenters. The SMILES string of the molecule is Cl.NC(=O)c1ncccc1-c1ccccc1. The molecule has 0 radical (unpaired) electrons. The lowest BCUT2D eigenvalue weighted by atomic mass is 10.0. The summed E-state index contributed by atoms with van der Waals surface area (Å²) in [4.78, 5) is 15.1. The lowest BCUT2D eigenvalue weighted by Gasteiger charge is -2.04. The average Bonchev–Trinajstić information content (AvgIpc) is 2.30. The predicted octanol–water partition coefficient (Wildman–Crippen LogP) is 2.27. The van der Waals surface area contributed by atoms with Crippen molar-refractivity contribution >= 4 is 18.3 Å². The molecule has 1 aromatic carbocycles. The van der Waals surface area contributed by atoms with Crippen LogP contribution in [0.5, 0.6) is 0 Å². The van der Waals surface area contributed by atoms with Gasteiger partial charge in [0.2, 0.25) is 0 Å². The van der Waals surface area contributed by atoms with Crippen LogP contribution in [0.4, 0.5) is 0 Å². The number of primary amides is 1. The molecule has 0 aliphatic rings. The zero-order chi connectivity index (χ0) is 10.7. The number of carbonyl (C=O) groups excluding carboxylic acids is 1. The van der Waals surface area contributed by atoms with Gasteiger partial charge in [0.1, 0.15) is 5.69 Å². The molecular formula is C12H11ClN2O. The van der Waals surface area contributed by atoms with Crippen molar-refractivity contribution in [2.24, 2.45) is 5.73 Å². The molecule has 2 aromatic rings. The predicted molar refractivity (Wildman–Crippen MR) is 65.4 cm³/mol. The van der Waals surface area contributed by atoms with E-state index in [4.69, 9.17) is 5.73 Å². The molecule has 2 N–H and O–H groups in total. The molecule has 0 aliphatic heterocycles. The molecule has 0 spiro atoms. The number of hydrogen-bond donors (Lipinski definition) is 1. The normalized spacial score (nSPS) is 9.25. The van der Waals surface area contributed by atoms with E-state index in [1.807, 2.05) is 36.4 Å². The molecule has 1 aromatic heterocycles. The van der Waals surface area contributed by atoms with Gasteiger partial charge in [0, 0.05) is 11.8 Å². The lowest BCUT2D eigenvalue weighted by molar-refractivity contribution is 0.0996. The summed E-state index contributed by atoms with van der Waals surface area (Å²) in [6, 6.07) is 13.2. The maximum Gasteiger partial charge on any atom is 0.267 e. The minimum atomic E-state index is -0.505. The fourth-order valence-electron chi connectivity index (χ4n) is 1.45. The molecule has 4 heteroatoms. The van der Waals surface area contributed by atoms with Crippen LogP contribution in [-0.2, 0) is 0 Å². The van der Waals surface area contributed by atoms with E-state index in [2.05, 4.69) is 4.98 Å². The molecule has 0 saturated carbocycles. The Kier molecular flexibility index (Phi) is 4.03. The van der Waals surface area contributed by atoms with Crippen LogP contribution < -0.4 is 5.73 Å². The first-order valence-electron chi connectivity index (χ1n) is 4.59. The number of nitrogens with two attached hydrogens (primary N) is 1. The molecule has 1 heterocycles. The van der Waals surface area contributed by atoms with Gasteiger partial charge in [-0.2, -0.15) is 0 Å². The van der Waals surface area contributed by atoms with Crippen molar-refractivity contribution in [1.29, 1.82) is 0 Å². The molecule has 0 fully saturated rings. The number of hydrogen-bond acceptors (Lipinski definition) is 2. The van der Waals surface area contributed by atoms with Gasteiger partial charge in [-0.3, -0.25) is 9.78 Å². The minimum absolute atomic E-state index is 0. The van der Waals surface area contributed by atoms with Gasteiger partial charge >= 0.3 is 0 Å². The average molecular weight is 235 g/mol. The van der Waals surface area contributed by atoms with Crippen molar-refractivity contribution < 1.29 is 4.79 Å². The van der Waals surface area contributed by atoms with Gasteiger partial charge in [0.05, 0.1) is 0 Å². The lowest BCUT2D eigenvalue weighted by Crippen LogP contribution is -2.14. The van der Waals surface area contributed by atoms with Gasteiger partial charge in [-0.1, -0.05) is 36.4 Å². The number of aromatic nitrogens is 1. The first-order valence-corrected chi connectivity index (χ1v) is 4.59. The fourth-order valence-corrected chi connectivity index (χ4v) is 1.45. The van der Waals surface area contributed by atoms with Crippen LogP contribution in [0.25, 0.3) is 11.1 Å². The maximum atomic E-state index is 11.2. The van der Waals surface area contributed by atoms with Gasteiger partial charge in [-0.05, 0) is 11.6 Å². The van der Waals surface area contributed by atoms with Gasteiger partial charge in [-0.15, -0.1) is 12.4 Å². The molecule has 0 saturated heterocycles. The highest BCUT2D eigenvalue weighted by atomic mass is 35.5. The fraction of sp³-hybridized carbons (Fsp3) is 0. The molecule has 3 nitrogen and oxygen atoms in total. The Morgan fingerprint density at radius 3 is 2.38 bits per heavy atom. The monoisotopic (exact) mass is 234 g/mol. The van der Waals surface area contributed by atoms with Gasteiger partial charge < -0.3 is 5.73 Å². The Bertz CT molecular complexity index is 485. The maximum absolute atomic E-state index is 11.2. The first-order chi connectivity index (χ1) is 7.29. The van der Waals surface area contributed by atoms with E-state index in [-0.39, 0.29) is 12.4 Å². The van der Waals surface area contributed by atoms with Crippen LogP contribution in [0.15, 0.2) is 48.7 Å². The van der Waals surface area contributed by atoms with Crippen molar-refractivity contribution in [2.75, 3.05) is 0 Å². The van der Waals surface area contributed by atoms with Crippen molar-refractivity contribution in [2.45, 2.75) is 0 Å². The number of halogens is 1. The Balaban J connectivity index is 0.00000128. The standard InChI is InChI=1S/C12H10N2O.ClH/c13-12(15)11-10(7-4-8-14-11)9-5-2-1-3-6-9;/h1-8H,(H2,13,15);1H. The summed E-state index contributed by atoms with van der Waals surface area (Å²) in [6.07, 6.45) is 1.56. The summed E-state index contributed by atoms with van der Waals surface area (Å²) in [5, 5.41) is 0. The second kappa shape index (κ2) is 5.28. The van der Waals surface area contributed by atoms with E-state index in [9.17, 15) is 4.79 Å². The van der Waals surface area contributed by atoms with Crippen LogP contribution in [0, 0.1) is 0 Å². The van der Waals surface area contributed by atoms with Crippen LogP contribution >= 0.6 is 12.4 Å². The summed E-state index contributed by atoms with van der Waals surface area (Å²) in [5.41, 5.74) is 7.27. The van der Waals surface area contributed by atoms with Gasteiger partial charge in [-0.25, -0.2) is 0 Å². The summed E-state index contributed by atoms with van der Waals surface area (Å²) < 4.78 is 0. The smallest absolute Gasteiger partial charge is 0.267 e. The van der Waals surface area contributed by atoms with E-state index in [0.29, 0.717) is 5.69 Å². The quantitative estimate of drug-likeness (QED) is 0.867. The van der Waals surface area contributed by atoms with E-state index >= 15 is 0 Å². The Labute approximate surface area is 99.7 Å². The topological polar surface area (TPSA) is 56.0 Å². The first kappa shape index (κ1) is 12.2. The Morgan fingerprint density at radius 1 is 1.06 bits per heavy atom. The van der Waals surface area contributed by atoms with E-state index in [1.54, 1.807) is 12.3 Å². The van der Waals surface area contributed by atoms with Gasteiger partial charge in [0.25, 0.3) is 5.91 Å². The van der Waals surface area contributed by atoms with Crippen LogP contribution in [0.3, 0.4) is 0 Å². The minimum Gasteiger partial charge on any atom is -0.364 e. The summed E-state index contributed by atoms with van der Waals surface area (Å²) >= 11 is 0. The molecular weight excluding hydrogens is 224 g/mol. The van der Waals surface area contributed by atoms with E-state index < -0.39 is 5.91 Å². The highest BCUT2D eigenvalue weighted by molar-refractivity contribution is 5.97. The Hall–Kier alpha value is -1.87. The number of carbonyl (C=O) groups is 1. The third-order valence-electron chi connectivity index (χ3n) is 2.13. The van der Waals surface area contributed by atoms with Crippen LogP contribution in [-0.4, -0.2) is 10.9 Å². The van der Waals surface area contributed by atoms with Gasteiger partial charge in [0.15, 0.2) is 0 Å². The van der Waals surface area contributed by atoms with Crippen molar-refractivity contribution in [3.05, 3.63) is 54.4 Å². The third kappa shape index (κ3) is 2.38. The summed E-state index contributed by atoms with van der Waals surface area (Å²) in [5.74, 6) is -0.505. The molecule has 82 valence electrons. The number of pyridine rings is 1. The highest BCUT2D eigenvalue weighted by Crippen LogP contribution is 2.20. The summed E-state index contributed by atoms with van der Waals surface area (Å²) in [6.45, 7) is 0. The van der Waals surface area contributed by atoms with Crippen molar-refractivity contribution in [3.63, 3.8) is 0 Å². The highest BCUT2D eigenvalue weighted by Gasteiger charge is 2.09. The molecule has 1 amide bonds. The second-order valence-corrected chi connectivity index (χ2v) is 3.13. The summed E-state index contributed by atoms with van der Waals surface area (Å²) in [7, 11) is 0. The second-order valence-electron chi connectivity index (χ2n) is 3.13. The Morgan fingerprint density at radius 2 is 1.75 bits per heavy atom. The number of benzene rings is 1. The van der Waals surface area contributed by atoms with Crippen LogP contribution in [0.2, 0.25) is 0 Å². The van der Waals surface area contributed by atoms with Crippen molar-refractivity contribution in [1.82, 2.24) is 4.98 Å². The molecule has 0 bridgehead atoms. The third-order valence-corrected chi connectivity index (χ3v) is 2.13. The number of amides is 1. The number of nitrogens with zero attached hydrogens (tertiary/aromatic N) is 1. The van der Waals surface area contributed by atoms with E-state index in [1.165, 1.54) is 0 Å². The molecule has 0 aliphatic carbocycles. The van der Waals surface area contributed by atoms with E-state index in [0.717, 1.165) is 11.1 Å². The number of rotatable bonds is 2. The van der Waals surface area contributed by atoms with Crippen LogP contribution in [0.1, 0.15) is 10.5 Å². The molecule has 0 atom stereocenters.